The number of aryl methyl sites for hydroxylation is 2. The third kappa shape index (κ3) is 2.95. The monoisotopic (exact) mass is 291 g/mol. The van der Waals surface area contributed by atoms with Gasteiger partial charge in [0.2, 0.25) is 0 Å². The van der Waals surface area contributed by atoms with Crippen LogP contribution in [0, 0.1) is 26.6 Å². The number of hydrogen-bond acceptors (Lipinski definition) is 3. The van der Waals surface area contributed by atoms with E-state index in [0.29, 0.717) is 0 Å². The van der Waals surface area contributed by atoms with Gasteiger partial charge >= 0.3 is 0 Å². The molecule has 0 spiro atoms. The predicted octanol–water partition coefficient (Wildman–Crippen LogP) is 4.05. The highest BCUT2D eigenvalue weighted by molar-refractivity contribution is 5.42. The van der Waals surface area contributed by atoms with Gasteiger partial charge in [0.1, 0.15) is 11.5 Å². The summed E-state index contributed by atoms with van der Waals surface area (Å²) in [5, 5.41) is 3.41. The molecule has 0 aliphatic heterocycles. The molecular weight excluding hydrogens is 269 g/mol. The van der Waals surface area contributed by atoms with Crippen molar-refractivity contribution in [3.05, 3.63) is 52.2 Å². The van der Waals surface area contributed by atoms with E-state index in [1.165, 1.54) is 13.2 Å². The highest BCUT2D eigenvalue weighted by Gasteiger charge is 2.23. The second-order valence-electron chi connectivity index (χ2n) is 5.14. The smallest absolute Gasteiger partial charge is 0.165 e. The van der Waals surface area contributed by atoms with Crippen LogP contribution >= 0.6 is 0 Å². The summed E-state index contributed by atoms with van der Waals surface area (Å²) in [5.74, 6) is 1.67. The Labute approximate surface area is 125 Å². The van der Waals surface area contributed by atoms with Crippen molar-refractivity contribution in [2.24, 2.45) is 0 Å². The lowest BCUT2D eigenvalue weighted by molar-refractivity contribution is 0.385. The number of ether oxygens (including phenoxy) is 1. The summed E-state index contributed by atoms with van der Waals surface area (Å²) in [7, 11) is 1.47. The Morgan fingerprint density at radius 1 is 1.24 bits per heavy atom. The van der Waals surface area contributed by atoms with Gasteiger partial charge in [0.15, 0.2) is 11.6 Å². The molecule has 0 saturated carbocycles. The first-order chi connectivity index (χ1) is 9.99. The molecule has 0 radical (unpaired) electrons. The standard InChI is InChI=1S/C17H22FNO2/c1-6-19-17(16-10(2)11(3)21-12(16)4)13-7-8-15(20-5)14(18)9-13/h7-9,17,19H,6H2,1-5H3. The second kappa shape index (κ2) is 6.31. The van der Waals surface area contributed by atoms with E-state index in [9.17, 15) is 4.39 Å². The molecule has 1 aromatic carbocycles. The van der Waals surface area contributed by atoms with Crippen LogP contribution in [0.15, 0.2) is 22.6 Å². The van der Waals surface area contributed by atoms with Crippen LogP contribution in [0.5, 0.6) is 5.75 Å². The molecular formula is C17H22FNO2. The van der Waals surface area contributed by atoms with Gasteiger partial charge in [-0.05, 0) is 50.6 Å². The molecule has 2 aromatic rings. The first kappa shape index (κ1) is 15.6. The molecule has 21 heavy (non-hydrogen) atoms. The van der Waals surface area contributed by atoms with Crippen molar-refractivity contribution < 1.29 is 13.5 Å². The third-order valence-electron chi connectivity index (χ3n) is 3.82. The van der Waals surface area contributed by atoms with E-state index in [1.807, 2.05) is 33.8 Å². The molecule has 1 unspecified atom stereocenters. The zero-order valence-electron chi connectivity index (χ0n) is 13.2. The maximum atomic E-state index is 14.0. The number of benzene rings is 1. The fourth-order valence-corrected chi connectivity index (χ4v) is 2.69. The van der Waals surface area contributed by atoms with Crippen LogP contribution < -0.4 is 10.1 Å². The highest BCUT2D eigenvalue weighted by atomic mass is 19.1. The van der Waals surface area contributed by atoms with E-state index < -0.39 is 0 Å². The van der Waals surface area contributed by atoms with Crippen molar-refractivity contribution >= 4 is 0 Å². The lowest BCUT2D eigenvalue weighted by atomic mass is 9.95. The van der Waals surface area contributed by atoms with Crippen molar-refractivity contribution in [2.75, 3.05) is 13.7 Å². The number of halogens is 1. The Morgan fingerprint density at radius 3 is 2.43 bits per heavy atom. The second-order valence-corrected chi connectivity index (χ2v) is 5.14. The Hall–Kier alpha value is -1.81. The summed E-state index contributed by atoms with van der Waals surface area (Å²) >= 11 is 0. The van der Waals surface area contributed by atoms with Crippen LogP contribution in [0.3, 0.4) is 0 Å². The fourth-order valence-electron chi connectivity index (χ4n) is 2.69. The Bertz CT molecular complexity index is 634. The Kier molecular flexibility index (Phi) is 4.68. The molecule has 4 heteroatoms. The molecule has 1 aromatic heterocycles. The minimum absolute atomic E-state index is 0.0899. The minimum atomic E-state index is -0.353. The summed E-state index contributed by atoms with van der Waals surface area (Å²) in [6, 6.07) is 4.98. The van der Waals surface area contributed by atoms with Crippen molar-refractivity contribution in [3.8, 4) is 5.75 Å². The van der Waals surface area contributed by atoms with Crippen LogP contribution in [-0.2, 0) is 0 Å². The number of methoxy groups -OCH3 is 1. The van der Waals surface area contributed by atoms with Gasteiger partial charge in [-0.15, -0.1) is 0 Å². The molecule has 0 amide bonds. The van der Waals surface area contributed by atoms with E-state index in [1.54, 1.807) is 6.07 Å². The zero-order chi connectivity index (χ0) is 15.6. The van der Waals surface area contributed by atoms with E-state index in [4.69, 9.17) is 9.15 Å². The van der Waals surface area contributed by atoms with E-state index in [2.05, 4.69) is 5.32 Å². The molecule has 0 aliphatic rings. The zero-order valence-corrected chi connectivity index (χ0v) is 13.2. The molecule has 1 atom stereocenters. The maximum Gasteiger partial charge on any atom is 0.165 e. The Balaban J connectivity index is 2.50. The van der Waals surface area contributed by atoms with E-state index in [0.717, 1.165) is 34.8 Å². The van der Waals surface area contributed by atoms with Crippen LogP contribution in [0.4, 0.5) is 4.39 Å². The quantitative estimate of drug-likeness (QED) is 0.902. The van der Waals surface area contributed by atoms with E-state index in [-0.39, 0.29) is 17.6 Å². The number of nitrogens with one attached hydrogen (secondary N) is 1. The van der Waals surface area contributed by atoms with Gasteiger partial charge in [-0.3, -0.25) is 0 Å². The van der Waals surface area contributed by atoms with Crippen LogP contribution in [0.2, 0.25) is 0 Å². The first-order valence-electron chi connectivity index (χ1n) is 7.12. The van der Waals surface area contributed by atoms with Crippen LogP contribution in [0.25, 0.3) is 0 Å². The number of rotatable bonds is 5. The SMILES string of the molecule is CCNC(c1ccc(OC)c(F)c1)c1c(C)oc(C)c1C. The van der Waals surface area contributed by atoms with Gasteiger partial charge in [-0.2, -0.15) is 0 Å². The van der Waals surface area contributed by atoms with Gasteiger partial charge in [0.25, 0.3) is 0 Å². The van der Waals surface area contributed by atoms with Gasteiger partial charge < -0.3 is 14.5 Å². The molecule has 0 bridgehead atoms. The summed E-state index contributed by atoms with van der Waals surface area (Å²) in [6.45, 7) is 8.74. The highest BCUT2D eigenvalue weighted by Crippen LogP contribution is 2.33. The molecule has 0 fully saturated rings. The predicted molar refractivity (Wildman–Crippen MR) is 81.4 cm³/mol. The molecule has 114 valence electrons. The van der Waals surface area contributed by atoms with Crippen molar-refractivity contribution in [1.82, 2.24) is 5.32 Å². The van der Waals surface area contributed by atoms with Crippen LogP contribution in [0.1, 0.15) is 41.2 Å². The Morgan fingerprint density at radius 2 is 1.95 bits per heavy atom. The molecule has 3 nitrogen and oxygen atoms in total. The summed E-state index contributed by atoms with van der Waals surface area (Å²) in [5.41, 5.74) is 3.05. The summed E-state index contributed by atoms with van der Waals surface area (Å²) < 4.78 is 24.7. The fraction of sp³-hybridized carbons (Fsp3) is 0.412. The van der Waals surface area contributed by atoms with Gasteiger partial charge in [-0.1, -0.05) is 13.0 Å². The average Bonchev–Trinajstić information content (AvgIpc) is 2.70. The van der Waals surface area contributed by atoms with Crippen LogP contribution in [-0.4, -0.2) is 13.7 Å². The minimum Gasteiger partial charge on any atom is -0.494 e. The largest absolute Gasteiger partial charge is 0.494 e. The molecule has 0 aliphatic carbocycles. The summed E-state index contributed by atoms with van der Waals surface area (Å²) in [4.78, 5) is 0. The normalized spacial score (nSPS) is 12.5. The average molecular weight is 291 g/mol. The van der Waals surface area contributed by atoms with Gasteiger partial charge in [-0.25, -0.2) is 4.39 Å². The van der Waals surface area contributed by atoms with Crippen molar-refractivity contribution in [3.63, 3.8) is 0 Å². The van der Waals surface area contributed by atoms with Crippen molar-refractivity contribution in [1.29, 1.82) is 0 Å². The number of furan rings is 1. The summed E-state index contributed by atoms with van der Waals surface area (Å²) in [6.07, 6.45) is 0. The van der Waals surface area contributed by atoms with Gasteiger partial charge in [0.05, 0.1) is 13.2 Å². The van der Waals surface area contributed by atoms with Gasteiger partial charge in [0, 0.05) is 5.56 Å². The van der Waals surface area contributed by atoms with Crippen molar-refractivity contribution in [2.45, 2.75) is 33.7 Å². The number of hydrogen-bond donors (Lipinski definition) is 1. The lowest BCUT2D eigenvalue weighted by Crippen LogP contribution is -2.23. The molecule has 2 rings (SSSR count). The molecule has 1 N–H and O–H groups in total. The molecule has 1 heterocycles. The third-order valence-corrected chi connectivity index (χ3v) is 3.82. The lowest BCUT2D eigenvalue weighted by Gasteiger charge is -2.20. The topological polar surface area (TPSA) is 34.4 Å². The van der Waals surface area contributed by atoms with E-state index >= 15 is 0 Å². The first-order valence-corrected chi connectivity index (χ1v) is 7.12. The maximum absolute atomic E-state index is 14.0. The molecule has 0 saturated heterocycles.